The van der Waals surface area contributed by atoms with E-state index in [4.69, 9.17) is 20.6 Å². The van der Waals surface area contributed by atoms with Crippen LogP contribution in [0.4, 0.5) is 4.79 Å². The molecule has 0 spiro atoms. The standard InChI is InChI=1S/C39H55N7O7/c1-5-6-10-31(46(39(41)51)38(40)33-25-32(28(2)3)34(47)26-35(33)48)11-14-44-15-17-45(18-16-44)37(50)12-19-52-21-22-53-20-13-43-36(49)24-29-8-7-9-30(23-29)27-42-4/h5-11,14,23,25-26,28,40,42,47-48H,12-13,15-22,24,27H2,1-4H3,(H2,41,51)(H,43,49)/b6-5+,14-11-,31-10+,40-38?. The van der Waals surface area contributed by atoms with Gasteiger partial charge in [-0.05, 0) is 54.8 Å². The van der Waals surface area contributed by atoms with Crippen molar-refractivity contribution in [3.63, 3.8) is 0 Å². The third kappa shape index (κ3) is 13.7. The predicted octanol–water partition coefficient (Wildman–Crippen LogP) is 3.55. The Morgan fingerprint density at radius 1 is 1.00 bits per heavy atom. The highest BCUT2D eigenvalue weighted by Crippen LogP contribution is 2.33. The third-order valence-corrected chi connectivity index (χ3v) is 8.44. The molecule has 0 aromatic heterocycles. The molecule has 2 aromatic rings. The number of rotatable bonds is 19. The van der Waals surface area contributed by atoms with Gasteiger partial charge in [0.2, 0.25) is 11.8 Å². The first-order valence-electron chi connectivity index (χ1n) is 17.9. The first-order chi connectivity index (χ1) is 25.4. The SMILES string of the molecule is C/C=C/C=C(\C=C/N1CCN(C(=O)CCOCCOCCNC(=O)Cc2cccc(CNC)c2)CC1)N(C(=N)c1cc(C(C)C)c(O)cc1O)C(N)=O. The third-order valence-electron chi connectivity index (χ3n) is 8.44. The highest BCUT2D eigenvalue weighted by Gasteiger charge is 2.25. The van der Waals surface area contributed by atoms with Crippen LogP contribution < -0.4 is 16.4 Å². The lowest BCUT2D eigenvalue weighted by Gasteiger charge is -2.34. The van der Waals surface area contributed by atoms with Crippen LogP contribution in [0.25, 0.3) is 0 Å². The van der Waals surface area contributed by atoms with Crippen molar-refractivity contribution >= 4 is 23.7 Å². The number of amidine groups is 1. The number of nitrogens with one attached hydrogen (secondary N) is 3. The summed E-state index contributed by atoms with van der Waals surface area (Å²) in [6.07, 6.45) is 9.11. The first-order valence-corrected chi connectivity index (χ1v) is 17.9. The number of nitrogens with two attached hydrogens (primary N) is 1. The number of ether oxygens (including phenoxy) is 2. The summed E-state index contributed by atoms with van der Waals surface area (Å²) in [5.41, 5.74) is 8.69. The molecule has 1 heterocycles. The van der Waals surface area contributed by atoms with Crippen LogP contribution >= 0.6 is 0 Å². The number of hydrogen-bond acceptors (Lipinski definition) is 10. The van der Waals surface area contributed by atoms with Gasteiger partial charge in [0.1, 0.15) is 17.3 Å². The smallest absolute Gasteiger partial charge is 0.325 e. The summed E-state index contributed by atoms with van der Waals surface area (Å²) in [6.45, 7) is 10.1. The zero-order valence-corrected chi connectivity index (χ0v) is 31.3. The number of phenols is 2. The number of carbonyl (C=O) groups excluding carboxylic acids is 3. The van der Waals surface area contributed by atoms with Gasteiger partial charge in [-0.1, -0.05) is 50.3 Å². The van der Waals surface area contributed by atoms with Crippen LogP contribution in [0, 0.1) is 5.41 Å². The van der Waals surface area contributed by atoms with Gasteiger partial charge < -0.3 is 45.9 Å². The van der Waals surface area contributed by atoms with Gasteiger partial charge in [-0.3, -0.25) is 15.0 Å². The van der Waals surface area contributed by atoms with E-state index in [0.717, 1.165) is 28.6 Å². The Morgan fingerprint density at radius 2 is 1.70 bits per heavy atom. The van der Waals surface area contributed by atoms with Crippen molar-refractivity contribution in [2.45, 2.75) is 46.1 Å². The maximum Gasteiger partial charge on any atom is 0.325 e. The van der Waals surface area contributed by atoms with Gasteiger partial charge in [0.15, 0.2) is 0 Å². The molecule has 1 saturated heterocycles. The molecule has 0 unspecified atom stereocenters. The Labute approximate surface area is 312 Å². The van der Waals surface area contributed by atoms with E-state index in [0.29, 0.717) is 70.2 Å². The maximum atomic E-state index is 12.8. The quantitative estimate of drug-likeness (QED) is 0.0542. The highest BCUT2D eigenvalue weighted by molar-refractivity contribution is 6.09. The van der Waals surface area contributed by atoms with Crippen molar-refractivity contribution < 1.29 is 34.1 Å². The molecule has 0 saturated carbocycles. The number of allylic oxidation sites excluding steroid dienone is 4. The topological polar surface area (TPSA) is 194 Å². The van der Waals surface area contributed by atoms with Crippen LogP contribution in [0.1, 0.15) is 55.4 Å². The number of piperazine rings is 1. The molecule has 0 atom stereocenters. The molecule has 2 aromatic carbocycles. The minimum absolute atomic E-state index is 0.00903. The summed E-state index contributed by atoms with van der Waals surface area (Å²) in [6, 6.07) is 9.64. The fourth-order valence-corrected chi connectivity index (χ4v) is 5.64. The number of aromatic hydroxyl groups is 2. The van der Waals surface area contributed by atoms with Crippen molar-refractivity contribution in [3.05, 3.63) is 94.9 Å². The molecule has 288 valence electrons. The summed E-state index contributed by atoms with van der Waals surface area (Å²) < 4.78 is 11.1. The van der Waals surface area contributed by atoms with Crippen LogP contribution in [0.5, 0.6) is 11.5 Å². The molecule has 0 radical (unpaired) electrons. The van der Waals surface area contributed by atoms with Gasteiger partial charge in [-0.2, -0.15) is 0 Å². The molecule has 7 N–H and O–H groups in total. The molecule has 0 bridgehead atoms. The van der Waals surface area contributed by atoms with Crippen LogP contribution in [0.2, 0.25) is 0 Å². The van der Waals surface area contributed by atoms with Gasteiger partial charge in [0.05, 0.1) is 50.5 Å². The van der Waals surface area contributed by atoms with Crippen molar-refractivity contribution in [2.24, 2.45) is 5.73 Å². The molecule has 4 amide bonds. The largest absolute Gasteiger partial charge is 0.508 e. The summed E-state index contributed by atoms with van der Waals surface area (Å²) in [5.74, 6) is -0.968. The van der Waals surface area contributed by atoms with E-state index in [1.165, 1.54) is 6.07 Å². The lowest BCUT2D eigenvalue weighted by molar-refractivity contribution is -0.133. The van der Waals surface area contributed by atoms with Gasteiger partial charge in [-0.15, -0.1) is 0 Å². The van der Waals surface area contributed by atoms with E-state index in [2.05, 4.69) is 10.6 Å². The second kappa shape index (κ2) is 22.0. The summed E-state index contributed by atoms with van der Waals surface area (Å²) in [4.78, 5) is 42.5. The Bertz CT molecular complexity index is 1630. The second-order valence-electron chi connectivity index (χ2n) is 12.8. The fraction of sp³-hybridized carbons (Fsp3) is 0.436. The van der Waals surface area contributed by atoms with E-state index >= 15 is 0 Å². The summed E-state index contributed by atoms with van der Waals surface area (Å²) in [7, 11) is 1.88. The molecule has 0 aliphatic carbocycles. The first kappa shape index (κ1) is 42.2. The van der Waals surface area contributed by atoms with E-state index in [-0.39, 0.29) is 53.7 Å². The lowest BCUT2D eigenvalue weighted by Crippen LogP contribution is -2.47. The highest BCUT2D eigenvalue weighted by atomic mass is 16.5. The zero-order chi connectivity index (χ0) is 38.8. The lowest BCUT2D eigenvalue weighted by atomic mass is 9.98. The number of benzene rings is 2. The number of nitrogens with zero attached hydrogens (tertiary/aromatic N) is 3. The number of hydrogen-bond donors (Lipinski definition) is 6. The molecule has 3 rings (SSSR count). The van der Waals surface area contributed by atoms with Crippen molar-refractivity contribution in [1.82, 2.24) is 25.3 Å². The molecular formula is C39H55N7O7. The molecule has 53 heavy (non-hydrogen) atoms. The zero-order valence-electron chi connectivity index (χ0n) is 31.3. The second-order valence-corrected chi connectivity index (χ2v) is 12.8. The van der Waals surface area contributed by atoms with Gasteiger partial charge in [-0.25, -0.2) is 9.69 Å². The number of primary amides is 1. The summed E-state index contributed by atoms with van der Waals surface area (Å²) in [5, 5.41) is 35.6. The molecule has 14 heteroatoms. The number of amides is 4. The predicted molar refractivity (Wildman–Crippen MR) is 204 cm³/mol. The van der Waals surface area contributed by atoms with E-state index in [9.17, 15) is 24.6 Å². The van der Waals surface area contributed by atoms with Crippen molar-refractivity contribution in [1.29, 1.82) is 5.41 Å². The molecule has 14 nitrogen and oxygen atoms in total. The average molecular weight is 734 g/mol. The number of urea groups is 1. The van der Waals surface area contributed by atoms with Gasteiger partial charge >= 0.3 is 6.03 Å². The normalized spacial score (nSPS) is 13.6. The monoisotopic (exact) mass is 733 g/mol. The molecule has 1 aliphatic heterocycles. The fourth-order valence-electron chi connectivity index (χ4n) is 5.64. The Hall–Kier alpha value is -5.18. The maximum absolute atomic E-state index is 12.8. The van der Waals surface area contributed by atoms with Gasteiger partial charge in [0.25, 0.3) is 0 Å². The minimum Gasteiger partial charge on any atom is -0.508 e. The van der Waals surface area contributed by atoms with Crippen LogP contribution in [-0.4, -0.2) is 115 Å². The number of phenolic OH excluding ortho intramolecular Hbond substituents is 2. The molecule has 1 aliphatic rings. The summed E-state index contributed by atoms with van der Waals surface area (Å²) >= 11 is 0. The van der Waals surface area contributed by atoms with Crippen LogP contribution in [0.15, 0.2) is 72.6 Å². The van der Waals surface area contributed by atoms with Crippen molar-refractivity contribution in [3.8, 4) is 11.5 Å². The van der Waals surface area contributed by atoms with Crippen molar-refractivity contribution in [2.75, 3.05) is 66.2 Å². The van der Waals surface area contributed by atoms with Crippen LogP contribution in [-0.2, 0) is 32.0 Å². The van der Waals surface area contributed by atoms with E-state index < -0.39 is 6.03 Å². The Kier molecular flexibility index (Phi) is 17.5. The molecule has 1 fully saturated rings. The number of carbonyl (C=O) groups is 3. The Balaban J connectivity index is 1.39. The molecular weight excluding hydrogens is 678 g/mol. The van der Waals surface area contributed by atoms with E-state index in [1.54, 1.807) is 35.4 Å². The van der Waals surface area contributed by atoms with Gasteiger partial charge in [0, 0.05) is 51.5 Å². The Morgan fingerprint density at radius 3 is 2.36 bits per heavy atom. The van der Waals surface area contributed by atoms with Crippen LogP contribution in [0.3, 0.4) is 0 Å². The van der Waals surface area contributed by atoms with E-state index in [1.807, 2.05) is 57.0 Å². The average Bonchev–Trinajstić information content (AvgIpc) is 3.12. The minimum atomic E-state index is -0.916.